The zero-order valence-electron chi connectivity index (χ0n) is 24.1. The van der Waals surface area contributed by atoms with E-state index < -0.39 is 47.6 Å². The number of hydrogen-bond donors (Lipinski definition) is 4. The summed E-state index contributed by atoms with van der Waals surface area (Å²) in [7, 11) is 1.30. The van der Waals surface area contributed by atoms with Crippen molar-refractivity contribution in [1.82, 2.24) is 21.3 Å². The van der Waals surface area contributed by atoms with E-state index in [1.54, 1.807) is 78.9 Å². The summed E-state index contributed by atoms with van der Waals surface area (Å²) in [6, 6.07) is 24.1. The predicted octanol–water partition coefficient (Wildman–Crippen LogP) is 2.25. The minimum atomic E-state index is -1.54. The molecule has 0 aromatic heterocycles. The van der Waals surface area contributed by atoms with Crippen molar-refractivity contribution < 1.29 is 38.2 Å². The highest BCUT2D eigenvalue weighted by Crippen LogP contribution is 2.19. The fourth-order valence-corrected chi connectivity index (χ4v) is 4.35. The van der Waals surface area contributed by atoms with Crippen molar-refractivity contribution in [1.29, 1.82) is 0 Å². The molecule has 0 radical (unpaired) electrons. The number of carbonyl (C=O) groups excluding carboxylic acids is 5. The second kappa shape index (κ2) is 15.3. The number of amides is 4. The maximum absolute atomic E-state index is 13.3. The van der Waals surface area contributed by atoms with Gasteiger partial charge in [-0.15, -0.1) is 0 Å². The topological polar surface area (TPSA) is 161 Å². The van der Waals surface area contributed by atoms with E-state index in [4.69, 9.17) is 14.2 Å². The molecule has 0 saturated carbocycles. The lowest BCUT2D eigenvalue weighted by molar-refractivity contribution is -0.167. The van der Waals surface area contributed by atoms with Gasteiger partial charge in [-0.1, -0.05) is 91.0 Å². The Hall–Kier alpha value is -5.23. The first-order chi connectivity index (χ1) is 21.3. The number of benzene rings is 3. The van der Waals surface area contributed by atoms with Crippen LogP contribution in [0.4, 0.5) is 4.79 Å². The summed E-state index contributed by atoms with van der Waals surface area (Å²) in [5, 5.41) is 10.2. The van der Waals surface area contributed by atoms with Crippen molar-refractivity contribution in [3.8, 4) is 0 Å². The van der Waals surface area contributed by atoms with Crippen molar-refractivity contribution in [2.75, 3.05) is 13.7 Å². The van der Waals surface area contributed by atoms with Crippen LogP contribution in [0.5, 0.6) is 0 Å². The number of methoxy groups -OCH3 is 1. The molecular formula is C32H34N4O8. The smallest absolute Gasteiger partial charge is 0.408 e. The van der Waals surface area contributed by atoms with E-state index in [0.29, 0.717) is 5.56 Å². The molecular weight excluding hydrogens is 568 g/mol. The molecule has 12 heteroatoms. The second-order valence-electron chi connectivity index (χ2n) is 10.0. The van der Waals surface area contributed by atoms with Gasteiger partial charge in [0.25, 0.3) is 5.91 Å². The van der Waals surface area contributed by atoms with Crippen LogP contribution in [0.1, 0.15) is 35.6 Å². The number of β-lactam (4-membered cyclic amide) rings is 1. The summed E-state index contributed by atoms with van der Waals surface area (Å²) < 4.78 is 15.9. The van der Waals surface area contributed by atoms with Gasteiger partial charge in [0.15, 0.2) is 0 Å². The fourth-order valence-electron chi connectivity index (χ4n) is 4.35. The molecule has 0 aliphatic carbocycles. The van der Waals surface area contributed by atoms with Gasteiger partial charge in [-0.2, -0.15) is 0 Å². The Morgan fingerprint density at radius 3 is 1.91 bits per heavy atom. The van der Waals surface area contributed by atoms with Crippen molar-refractivity contribution in [2.24, 2.45) is 0 Å². The number of rotatable bonds is 14. The summed E-state index contributed by atoms with van der Waals surface area (Å²) in [5.41, 5.74) is 0.428. The Morgan fingerprint density at radius 1 is 0.818 bits per heavy atom. The Balaban J connectivity index is 1.40. The van der Waals surface area contributed by atoms with Gasteiger partial charge >= 0.3 is 12.1 Å². The van der Waals surface area contributed by atoms with Gasteiger partial charge in [0.2, 0.25) is 17.5 Å². The number of esters is 1. The van der Waals surface area contributed by atoms with Gasteiger partial charge in [0.1, 0.15) is 25.3 Å². The van der Waals surface area contributed by atoms with Gasteiger partial charge in [0, 0.05) is 13.5 Å². The lowest BCUT2D eigenvalue weighted by Gasteiger charge is -2.40. The molecule has 12 nitrogen and oxygen atoms in total. The zero-order chi connectivity index (χ0) is 31.4. The lowest BCUT2D eigenvalue weighted by Crippen LogP contribution is -2.74. The minimum Gasteiger partial charge on any atom is -0.459 e. The van der Waals surface area contributed by atoms with E-state index in [0.717, 1.165) is 11.1 Å². The van der Waals surface area contributed by atoms with E-state index >= 15 is 0 Å². The molecule has 44 heavy (non-hydrogen) atoms. The highest BCUT2D eigenvalue weighted by atomic mass is 16.6. The first kappa shape index (κ1) is 31.7. The summed E-state index contributed by atoms with van der Waals surface area (Å²) in [6.45, 7) is 0.0182. The largest absolute Gasteiger partial charge is 0.459 e. The third-order valence-electron chi connectivity index (χ3n) is 6.91. The van der Waals surface area contributed by atoms with E-state index in [1.165, 1.54) is 7.11 Å². The van der Waals surface area contributed by atoms with Crippen molar-refractivity contribution in [3.05, 3.63) is 108 Å². The third-order valence-corrected chi connectivity index (χ3v) is 6.91. The highest BCUT2D eigenvalue weighted by molar-refractivity contribution is 5.97. The van der Waals surface area contributed by atoms with Crippen molar-refractivity contribution in [2.45, 2.75) is 43.9 Å². The molecule has 1 aliphatic heterocycles. The van der Waals surface area contributed by atoms with Crippen LogP contribution in [0.15, 0.2) is 91.0 Å². The first-order valence-electron chi connectivity index (χ1n) is 14.0. The molecule has 1 aliphatic rings. The standard InChI is InChI=1S/C32H34N4O8/c1-42-32(21-33-30(32)40)36-28(38)27(24-15-9-4-10-16-24)35-26(37)18-17-25(29(39)43-19-22-11-5-2-6-12-22)34-31(41)44-20-23-13-7-3-8-14-23/h2-16,25,27H,17-21H2,1H3,(H,33,40)(H,34,41)(H,35,37)(H,36,38). The normalized spacial score (nSPS) is 16.7. The molecule has 3 aromatic carbocycles. The molecule has 1 saturated heterocycles. The lowest BCUT2D eigenvalue weighted by atomic mass is 10.0. The van der Waals surface area contributed by atoms with Crippen LogP contribution >= 0.6 is 0 Å². The molecule has 3 unspecified atom stereocenters. The minimum absolute atomic E-state index is 0.0200. The molecule has 4 N–H and O–H groups in total. The molecule has 4 amide bonds. The Labute approximate surface area is 254 Å². The first-order valence-corrected chi connectivity index (χ1v) is 14.0. The average Bonchev–Trinajstić information content (AvgIpc) is 3.06. The number of ether oxygens (including phenoxy) is 3. The van der Waals surface area contributed by atoms with Crippen LogP contribution in [-0.4, -0.2) is 55.2 Å². The quantitative estimate of drug-likeness (QED) is 0.124. The zero-order valence-corrected chi connectivity index (χ0v) is 24.1. The fraction of sp³-hybridized carbons (Fsp3) is 0.281. The maximum Gasteiger partial charge on any atom is 0.408 e. The Morgan fingerprint density at radius 2 is 1.39 bits per heavy atom. The van der Waals surface area contributed by atoms with Crippen LogP contribution in [0, 0.1) is 0 Å². The van der Waals surface area contributed by atoms with Crippen molar-refractivity contribution >= 4 is 29.8 Å². The monoisotopic (exact) mass is 602 g/mol. The van der Waals surface area contributed by atoms with Crippen LogP contribution in [0.3, 0.4) is 0 Å². The summed E-state index contributed by atoms with van der Waals surface area (Å²) in [6.07, 6.45) is -1.26. The third kappa shape index (κ3) is 8.65. The van der Waals surface area contributed by atoms with Crippen LogP contribution in [0.25, 0.3) is 0 Å². The number of alkyl carbamates (subject to hydrolysis) is 1. The molecule has 4 rings (SSSR count). The number of carbonyl (C=O) groups is 5. The van der Waals surface area contributed by atoms with E-state index in [1.807, 2.05) is 12.1 Å². The molecule has 3 aromatic rings. The van der Waals surface area contributed by atoms with Crippen LogP contribution in [0.2, 0.25) is 0 Å². The summed E-state index contributed by atoms with van der Waals surface area (Å²) >= 11 is 0. The highest BCUT2D eigenvalue weighted by Gasteiger charge is 2.49. The summed E-state index contributed by atoms with van der Waals surface area (Å²) in [5.74, 6) is -2.51. The van der Waals surface area contributed by atoms with E-state index in [-0.39, 0.29) is 32.6 Å². The predicted molar refractivity (Wildman–Crippen MR) is 157 cm³/mol. The SMILES string of the molecule is COC1(NC(=O)C(NC(=O)CCC(NC(=O)OCc2ccccc2)C(=O)OCc2ccccc2)c2ccccc2)CNC1=O. The molecule has 1 fully saturated rings. The van der Waals surface area contributed by atoms with Gasteiger partial charge in [-0.3, -0.25) is 14.4 Å². The van der Waals surface area contributed by atoms with Crippen LogP contribution in [-0.2, 0) is 46.6 Å². The molecule has 230 valence electrons. The van der Waals surface area contributed by atoms with Gasteiger partial charge in [-0.25, -0.2) is 9.59 Å². The van der Waals surface area contributed by atoms with Gasteiger partial charge < -0.3 is 35.5 Å². The Kier molecular flexibility index (Phi) is 11.0. The second-order valence-corrected chi connectivity index (χ2v) is 10.0. The average molecular weight is 603 g/mol. The number of hydrogen-bond acceptors (Lipinski definition) is 8. The van der Waals surface area contributed by atoms with Gasteiger partial charge in [-0.05, 0) is 23.1 Å². The molecule has 3 atom stereocenters. The Bertz CT molecular complexity index is 1430. The summed E-state index contributed by atoms with van der Waals surface area (Å²) in [4.78, 5) is 64.0. The number of nitrogens with one attached hydrogen (secondary N) is 4. The van der Waals surface area contributed by atoms with Crippen LogP contribution < -0.4 is 21.3 Å². The van der Waals surface area contributed by atoms with Gasteiger partial charge in [0.05, 0.1) is 6.54 Å². The van der Waals surface area contributed by atoms with E-state index in [9.17, 15) is 24.0 Å². The molecule has 0 bridgehead atoms. The maximum atomic E-state index is 13.3. The van der Waals surface area contributed by atoms with Crippen molar-refractivity contribution in [3.63, 3.8) is 0 Å². The molecule has 1 heterocycles. The van der Waals surface area contributed by atoms with E-state index in [2.05, 4.69) is 21.3 Å². The molecule has 0 spiro atoms.